The number of amides is 1. The first kappa shape index (κ1) is 23.1. The molecule has 0 saturated heterocycles. The predicted octanol–water partition coefficient (Wildman–Crippen LogP) is 3.85. The fourth-order valence-corrected chi connectivity index (χ4v) is 4.91. The maximum Gasteiger partial charge on any atom is 0.274 e. The van der Waals surface area contributed by atoms with Crippen molar-refractivity contribution >= 4 is 17.2 Å². The number of halogens is 1. The number of fused-ring (bicyclic) bond motifs is 1. The van der Waals surface area contributed by atoms with Gasteiger partial charge in [-0.1, -0.05) is 12.1 Å². The van der Waals surface area contributed by atoms with Crippen LogP contribution in [0.1, 0.15) is 47.7 Å². The van der Waals surface area contributed by atoms with Gasteiger partial charge in [-0.2, -0.15) is 0 Å². The van der Waals surface area contributed by atoms with Crippen LogP contribution in [0.4, 0.5) is 4.39 Å². The van der Waals surface area contributed by atoms with E-state index in [0.29, 0.717) is 31.2 Å². The summed E-state index contributed by atoms with van der Waals surface area (Å²) in [6.45, 7) is 6.95. The van der Waals surface area contributed by atoms with Crippen molar-refractivity contribution in [3.8, 4) is 16.3 Å². The molecule has 0 aliphatic carbocycles. The lowest BCUT2D eigenvalue weighted by Crippen LogP contribution is -2.48. The Morgan fingerprint density at radius 3 is 2.67 bits per heavy atom. The third-order valence-corrected chi connectivity index (χ3v) is 6.72. The van der Waals surface area contributed by atoms with Gasteiger partial charge in [-0.25, -0.2) is 9.37 Å². The van der Waals surface area contributed by atoms with Gasteiger partial charge in [0.2, 0.25) is 5.43 Å². The van der Waals surface area contributed by atoms with E-state index in [9.17, 15) is 19.1 Å². The molecule has 0 saturated carbocycles. The zero-order chi connectivity index (χ0) is 23.7. The van der Waals surface area contributed by atoms with Gasteiger partial charge in [-0.15, -0.1) is 11.3 Å². The molecule has 4 rings (SSSR count). The van der Waals surface area contributed by atoms with Crippen LogP contribution < -0.4 is 5.43 Å². The van der Waals surface area contributed by atoms with E-state index in [1.807, 2.05) is 20.8 Å². The topological polar surface area (TPSA) is 84.7 Å². The van der Waals surface area contributed by atoms with E-state index < -0.39 is 11.2 Å². The van der Waals surface area contributed by atoms with Crippen LogP contribution in [-0.2, 0) is 11.2 Å². The molecule has 0 fully saturated rings. The van der Waals surface area contributed by atoms with Crippen LogP contribution in [-0.4, -0.2) is 51.3 Å². The number of aromatic hydroxyl groups is 1. The molecular weight excluding hydrogens is 445 g/mol. The zero-order valence-electron chi connectivity index (χ0n) is 18.7. The maximum absolute atomic E-state index is 13.2. The summed E-state index contributed by atoms with van der Waals surface area (Å²) in [6.07, 6.45) is 3.83. The summed E-state index contributed by atoms with van der Waals surface area (Å²) in [5.74, 6) is -1.25. The number of pyridine rings is 1. The second kappa shape index (κ2) is 9.44. The summed E-state index contributed by atoms with van der Waals surface area (Å²) in [4.78, 5) is 33.0. The number of benzene rings is 1. The number of ether oxygens (including phenoxy) is 1. The second-order valence-electron chi connectivity index (χ2n) is 8.28. The first-order chi connectivity index (χ1) is 15.8. The summed E-state index contributed by atoms with van der Waals surface area (Å²) < 4.78 is 20.5. The Bertz CT molecular complexity index is 1220. The van der Waals surface area contributed by atoms with Crippen molar-refractivity contribution in [2.45, 2.75) is 39.3 Å². The Morgan fingerprint density at radius 2 is 2.00 bits per heavy atom. The van der Waals surface area contributed by atoms with Gasteiger partial charge in [0.25, 0.3) is 5.91 Å². The molecule has 3 heterocycles. The molecule has 1 N–H and O–H groups in total. The normalized spacial score (nSPS) is 15.8. The van der Waals surface area contributed by atoms with E-state index in [-0.39, 0.29) is 35.1 Å². The minimum Gasteiger partial charge on any atom is -0.503 e. The lowest BCUT2D eigenvalue weighted by molar-refractivity contribution is 0.0460. The number of aromatic nitrogens is 2. The summed E-state index contributed by atoms with van der Waals surface area (Å²) in [5.41, 5.74) is 0.515. The van der Waals surface area contributed by atoms with Gasteiger partial charge in [0.15, 0.2) is 11.4 Å². The van der Waals surface area contributed by atoms with Crippen LogP contribution in [0.15, 0.2) is 41.5 Å². The van der Waals surface area contributed by atoms with Crippen LogP contribution in [0.3, 0.4) is 0 Å². The van der Waals surface area contributed by atoms with Crippen molar-refractivity contribution in [2.75, 3.05) is 19.8 Å². The Hall–Kier alpha value is -3.04. The molecule has 0 unspecified atom stereocenters. The summed E-state index contributed by atoms with van der Waals surface area (Å²) in [6, 6.07) is 5.89. The quantitative estimate of drug-likeness (QED) is 0.566. The van der Waals surface area contributed by atoms with E-state index in [4.69, 9.17) is 4.74 Å². The summed E-state index contributed by atoms with van der Waals surface area (Å²) in [7, 11) is 0. The molecule has 0 bridgehead atoms. The van der Waals surface area contributed by atoms with Crippen molar-refractivity contribution in [2.24, 2.45) is 0 Å². The van der Waals surface area contributed by atoms with Crippen molar-refractivity contribution in [1.29, 1.82) is 0 Å². The molecule has 1 amide bonds. The molecule has 0 radical (unpaired) electrons. The van der Waals surface area contributed by atoms with E-state index >= 15 is 0 Å². The van der Waals surface area contributed by atoms with Crippen LogP contribution in [0.5, 0.6) is 5.75 Å². The summed E-state index contributed by atoms with van der Waals surface area (Å²) >= 11 is 1.33. The first-order valence-electron chi connectivity index (χ1n) is 10.9. The van der Waals surface area contributed by atoms with Crippen LogP contribution in [0.25, 0.3) is 10.6 Å². The van der Waals surface area contributed by atoms with Gasteiger partial charge in [-0.05, 0) is 38.5 Å². The molecule has 3 aromatic rings. The van der Waals surface area contributed by atoms with Crippen molar-refractivity contribution in [3.05, 3.63) is 68.8 Å². The highest BCUT2D eigenvalue weighted by Gasteiger charge is 2.36. The molecule has 1 aliphatic heterocycles. The van der Waals surface area contributed by atoms with E-state index in [1.54, 1.807) is 34.0 Å². The molecular formula is C24H26FN3O4S. The van der Waals surface area contributed by atoms with E-state index in [2.05, 4.69) is 4.98 Å². The molecule has 9 heteroatoms. The molecule has 1 aromatic carbocycles. The monoisotopic (exact) mass is 471 g/mol. The molecule has 33 heavy (non-hydrogen) atoms. The van der Waals surface area contributed by atoms with Gasteiger partial charge in [0.05, 0.1) is 18.2 Å². The Labute approximate surface area is 195 Å². The van der Waals surface area contributed by atoms with Gasteiger partial charge in [0.1, 0.15) is 10.8 Å². The minimum atomic E-state index is -0.627. The van der Waals surface area contributed by atoms with Gasteiger partial charge >= 0.3 is 0 Å². The van der Waals surface area contributed by atoms with Gasteiger partial charge in [0, 0.05) is 42.9 Å². The SMILES string of the molecule is CCOC[C@H]1CN(C(C)C)C(=O)c2c(O)c(=O)c(-c3ncc(Cc4ccc(F)cc4)s3)cn21. The molecule has 2 aromatic heterocycles. The predicted molar refractivity (Wildman–Crippen MR) is 124 cm³/mol. The highest BCUT2D eigenvalue weighted by Crippen LogP contribution is 2.32. The minimum absolute atomic E-state index is 0.0171. The van der Waals surface area contributed by atoms with Crippen LogP contribution >= 0.6 is 11.3 Å². The second-order valence-corrected chi connectivity index (χ2v) is 9.39. The number of rotatable bonds is 7. The van der Waals surface area contributed by atoms with Crippen molar-refractivity contribution in [3.63, 3.8) is 0 Å². The van der Waals surface area contributed by atoms with Gasteiger partial charge < -0.3 is 19.3 Å². The maximum atomic E-state index is 13.2. The summed E-state index contributed by atoms with van der Waals surface area (Å²) in [5, 5.41) is 11.2. The lowest BCUT2D eigenvalue weighted by Gasteiger charge is -2.38. The van der Waals surface area contributed by atoms with Gasteiger partial charge in [-0.3, -0.25) is 9.59 Å². The number of thiazole rings is 1. The zero-order valence-corrected chi connectivity index (χ0v) is 19.6. The number of carbonyl (C=O) groups is 1. The lowest BCUT2D eigenvalue weighted by atomic mass is 10.1. The van der Waals surface area contributed by atoms with Crippen molar-refractivity contribution in [1.82, 2.24) is 14.5 Å². The van der Waals surface area contributed by atoms with Crippen LogP contribution in [0, 0.1) is 5.82 Å². The molecule has 0 spiro atoms. The average Bonchev–Trinajstić information content (AvgIpc) is 3.24. The molecule has 1 atom stereocenters. The van der Waals surface area contributed by atoms with E-state index in [1.165, 1.54) is 23.5 Å². The van der Waals surface area contributed by atoms with Crippen molar-refractivity contribution < 1.29 is 19.0 Å². The molecule has 7 nitrogen and oxygen atoms in total. The standard InChI is InChI=1S/C24H26FN3O4S/c1-4-32-13-17-11-27(14(2)3)24(31)20-22(30)21(29)19(12-28(17)20)23-26-10-18(33-23)9-15-5-7-16(25)8-6-15/h5-8,10,12,14,17,30H,4,9,11,13H2,1-3H3/t17-/m1/s1. The highest BCUT2D eigenvalue weighted by molar-refractivity contribution is 7.15. The third-order valence-electron chi connectivity index (χ3n) is 5.69. The first-order valence-corrected chi connectivity index (χ1v) is 11.7. The Balaban J connectivity index is 1.73. The number of hydrogen-bond donors (Lipinski definition) is 1. The Morgan fingerprint density at radius 1 is 1.27 bits per heavy atom. The average molecular weight is 472 g/mol. The van der Waals surface area contributed by atoms with Crippen LogP contribution in [0.2, 0.25) is 0 Å². The fraction of sp³-hybridized carbons (Fsp3) is 0.375. The Kier molecular flexibility index (Phi) is 6.62. The van der Waals surface area contributed by atoms with E-state index in [0.717, 1.165) is 10.4 Å². The molecule has 174 valence electrons. The third kappa shape index (κ3) is 4.56. The largest absolute Gasteiger partial charge is 0.503 e. The number of nitrogens with zero attached hydrogens (tertiary/aromatic N) is 3. The number of carbonyl (C=O) groups excluding carboxylic acids is 1. The smallest absolute Gasteiger partial charge is 0.274 e. The molecule has 1 aliphatic rings. The fourth-order valence-electron chi connectivity index (χ4n) is 3.96. The highest BCUT2D eigenvalue weighted by atomic mass is 32.1. The number of hydrogen-bond acceptors (Lipinski definition) is 6.